The molecule has 3 heterocycles. The zero-order chi connectivity index (χ0) is 38.6. The number of aromatic nitrogens is 3. The quantitative estimate of drug-likeness (QED) is 0.161. The summed E-state index contributed by atoms with van der Waals surface area (Å²) in [6.07, 6.45) is -1.11. The van der Waals surface area contributed by atoms with Crippen LogP contribution in [0.3, 0.4) is 0 Å². The van der Waals surface area contributed by atoms with E-state index in [2.05, 4.69) is 30.1 Å². The summed E-state index contributed by atoms with van der Waals surface area (Å²) in [5.74, 6) is -8.65. The predicted octanol–water partition coefficient (Wildman–Crippen LogP) is -4.16. The monoisotopic (exact) mass is 635 g/mol. The molecule has 3 aromatic rings. The van der Waals surface area contributed by atoms with E-state index in [0.29, 0.717) is 0 Å². The summed E-state index contributed by atoms with van der Waals surface area (Å²) in [5.41, 5.74) is -4.18. The number of pyridine rings is 1. The van der Waals surface area contributed by atoms with E-state index >= 15 is 4.39 Å². The first-order chi connectivity index (χ1) is 23.4. The van der Waals surface area contributed by atoms with Crippen LogP contribution in [-0.2, 0) is 13.9 Å². The molecule has 0 unspecified atom stereocenters. The Morgan fingerprint density at radius 3 is 2.36 bits per heavy atom. The largest absolute Gasteiger partial charge is 1.00 e. The number of nitrogens with one attached hydrogen (secondary N) is 2. The van der Waals surface area contributed by atoms with Crippen LogP contribution in [0.5, 0.6) is 23.0 Å². The zero-order valence-corrected chi connectivity index (χ0v) is 27.4. The standard InChI is InChI=1S/C23H26FN6O9P.2Na/c1-23(2)21(31)30(11-38-40(32,33)34)20-14(39-23)6-7-17(28-20)27-19-13(24)10-25-22(29-19)26-12-8-15(35-3)18(37-5)16(9-12)36-4;;/h6-10H,11H2,1-5H3,(H2,32,33,34)(H2,25,26,27,28,29);;/q;2*+1/p-2/i1D3,2D3,6D,7D,8D,9D,10D;;. The number of ether oxygens (including phenoxy) is 4. The second-order valence-corrected chi connectivity index (χ2v) is 8.53. The third-order valence-corrected chi connectivity index (χ3v) is 5.21. The number of benzene rings is 1. The van der Waals surface area contributed by atoms with E-state index in [4.69, 9.17) is 34.0 Å². The third-order valence-electron chi connectivity index (χ3n) is 4.78. The van der Waals surface area contributed by atoms with Crippen LogP contribution in [0.4, 0.5) is 33.5 Å². The number of nitrogens with zero attached hydrogens (tertiary/aromatic N) is 4. The Morgan fingerprint density at radius 2 is 1.79 bits per heavy atom. The predicted molar refractivity (Wildman–Crippen MR) is 135 cm³/mol. The van der Waals surface area contributed by atoms with Crippen molar-refractivity contribution in [3.05, 3.63) is 36.2 Å². The summed E-state index contributed by atoms with van der Waals surface area (Å²) in [4.78, 5) is 47.4. The van der Waals surface area contributed by atoms with E-state index in [9.17, 15) is 19.1 Å². The number of anilines is 5. The minimum Gasteiger partial charge on any atom is -0.790 e. The molecular weight excluding hydrogens is 600 g/mol. The van der Waals surface area contributed by atoms with Gasteiger partial charge in [-0.15, -0.1) is 0 Å². The van der Waals surface area contributed by atoms with Crippen molar-refractivity contribution in [3.8, 4) is 23.0 Å². The number of methoxy groups -OCH3 is 3. The van der Waals surface area contributed by atoms with Crippen molar-refractivity contribution < 1.29 is 121 Å². The number of hydrogen-bond acceptors (Lipinski definition) is 14. The number of carbonyl (C=O) groups excluding carboxylic acids is 1. The zero-order valence-electron chi connectivity index (χ0n) is 33.5. The number of carbonyl (C=O) groups is 1. The van der Waals surface area contributed by atoms with Crippen molar-refractivity contribution in [2.75, 3.05) is 43.6 Å². The van der Waals surface area contributed by atoms with Crippen molar-refractivity contribution in [1.29, 1.82) is 0 Å². The Morgan fingerprint density at radius 1 is 1.12 bits per heavy atom. The van der Waals surface area contributed by atoms with Gasteiger partial charge in [0, 0.05) is 26.0 Å². The Balaban J connectivity index is 0.00000486. The van der Waals surface area contributed by atoms with Gasteiger partial charge in [-0.3, -0.25) is 9.69 Å². The molecule has 0 saturated carbocycles. The van der Waals surface area contributed by atoms with Crippen LogP contribution >= 0.6 is 7.82 Å². The van der Waals surface area contributed by atoms with Crippen molar-refractivity contribution in [2.45, 2.75) is 19.3 Å². The van der Waals surface area contributed by atoms with E-state index in [1.165, 1.54) is 21.3 Å². The maximum atomic E-state index is 15.2. The Labute approximate surface area is 299 Å². The molecule has 0 fully saturated rings. The van der Waals surface area contributed by atoms with Gasteiger partial charge in [0.15, 0.2) is 40.3 Å². The van der Waals surface area contributed by atoms with Gasteiger partial charge in [0.05, 0.1) is 42.2 Å². The number of halogens is 1. The molecule has 19 heteroatoms. The summed E-state index contributed by atoms with van der Waals surface area (Å²) in [6, 6.07) is -3.18. The van der Waals surface area contributed by atoms with Gasteiger partial charge in [-0.1, -0.05) is 0 Å². The van der Waals surface area contributed by atoms with Crippen LogP contribution in [0.25, 0.3) is 0 Å². The number of rotatable bonds is 10. The second-order valence-electron chi connectivity index (χ2n) is 7.38. The first kappa shape index (κ1) is 22.3. The summed E-state index contributed by atoms with van der Waals surface area (Å²) >= 11 is 0. The second kappa shape index (κ2) is 14.5. The van der Waals surface area contributed by atoms with Gasteiger partial charge in [-0.2, -0.15) is 4.98 Å². The molecule has 1 aliphatic heterocycles. The maximum absolute atomic E-state index is 15.2. The normalized spacial score (nSPS) is 17.9. The number of fused-ring (bicyclic) bond motifs is 1. The first-order valence-corrected chi connectivity index (χ1v) is 12.0. The van der Waals surface area contributed by atoms with Crippen molar-refractivity contribution >= 4 is 42.8 Å². The fourth-order valence-corrected chi connectivity index (χ4v) is 3.37. The smallest absolute Gasteiger partial charge is 0.790 e. The Bertz CT molecular complexity index is 1920. The van der Waals surface area contributed by atoms with E-state index in [1.807, 2.05) is 0 Å². The van der Waals surface area contributed by atoms with Gasteiger partial charge in [0.1, 0.15) is 12.5 Å². The molecule has 0 aliphatic carbocycles. The van der Waals surface area contributed by atoms with Gasteiger partial charge in [-0.05, 0) is 25.8 Å². The SMILES string of the molecule is [2H]c1nc(Nc2c([2H])c(OC)c(OC)c(OC)c2[2H])nc(Nc2nc3c(c([2H])c2[2H])OC(C([2H])([2H])[2H])(C([2H])([2H])[2H])C(=O)N3COP(=O)([O-])[O-])c1F.[Na+].[Na+]. The molecule has 0 saturated heterocycles. The van der Waals surface area contributed by atoms with E-state index in [0.717, 1.165) is 0 Å². The molecule has 2 aromatic heterocycles. The summed E-state index contributed by atoms with van der Waals surface area (Å²) in [7, 11) is -2.31. The fraction of sp³-hybridized carbons (Fsp3) is 0.304. The van der Waals surface area contributed by atoms with Gasteiger partial charge in [0.25, 0.3) is 5.91 Å². The molecule has 1 amide bonds. The van der Waals surface area contributed by atoms with Gasteiger partial charge in [0.2, 0.25) is 11.7 Å². The molecule has 214 valence electrons. The summed E-state index contributed by atoms with van der Waals surface area (Å²) in [6.45, 7) is -9.35. The fourth-order valence-electron chi connectivity index (χ4n) is 3.11. The topological polar surface area (TPSA) is 192 Å². The number of amides is 1. The molecule has 42 heavy (non-hydrogen) atoms. The van der Waals surface area contributed by atoms with Crippen LogP contribution in [0.15, 0.2) is 30.3 Å². The molecule has 2 N–H and O–H groups in total. The molecular formula is C23H24FN6Na2O9P. The van der Waals surface area contributed by atoms with Crippen LogP contribution in [0, 0.1) is 5.82 Å². The molecule has 1 aliphatic rings. The van der Waals surface area contributed by atoms with Crippen molar-refractivity contribution in [3.63, 3.8) is 0 Å². The number of phosphoric ester groups is 1. The van der Waals surface area contributed by atoms with Gasteiger partial charge in [-0.25, -0.2) is 14.4 Å². The molecule has 1 aromatic carbocycles. The number of hydrogen-bond donors (Lipinski definition) is 2. The average Bonchev–Trinajstić information content (AvgIpc) is 3.01. The average molecular weight is 635 g/mol. The molecule has 0 bridgehead atoms. The van der Waals surface area contributed by atoms with Crippen molar-refractivity contribution in [1.82, 2.24) is 15.0 Å². The van der Waals surface area contributed by atoms with Crippen LogP contribution in [0.2, 0.25) is 0 Å². The van der Waals surface area contributed by atoms with Crippen LogP contribution in [0.1, 0.15) is 28.8 Å². The van der Waals surface area contributed by atoms with Crippen LogP contribution in [-0.4, -0.2) is 54.5 Å². The minimum absolute atomic E-state index is 0. The Hall–Kier alpha value is -2.24. The van der Waals surface area contributed by atoms with Gasteiger partial charge < -0.3 is 48.5 Å². The molecule has 0 spiro atoms. The Kier molecular flexibility index (Phi) is 7.69. The molecule has 0 radical (unpaired) electrons. The summed E-state index contributed by atoms with van der Waals surface area (Å²) in [5, 5.41) is 4.64. The van der Waals surface area contributed by atoms with Crippen molar-refractivity contribution in [2.24, 2.45) is 0 Å². The van der Waals surface area contributed by atoms with E-state index in [-0.39, 0.29) is 87.0 Å². The minimum atomic E-state index is -5.94. The van der Waals surface area contributed by atoms with Gasteiger partial charge >= 0.3 is 59.1 Å². The summed E-state index contributed by atoms with van der Waals surface area (Å²) < 4.78 is 140. The molecule has 4 rings (SSSR count). The van der Waals surface area contributed by atoms with E-state index in [1.54, 1.807) is 0 Å². The number of phosphoric acid groups is 1. The molecule has 0 atom stereocenters. The van der Waals surface area contributed by atoms with E-state index < -0.39 is 105 Å². The first-order valence-electron chi connectivity index (χ1n) is 16.0. The maximum Gasteiger partial charge on any atom is 1.00 e. The third kappa shape index (κ3) is 8.23. The van der Waals surface area contributed by atoms with Crippen LogP contribution < -0.4 is 103 Å². The molecule has 15 nitrogen and oxygen atoms in total.